The smallest absolute Gasteiger partial charge is 0.407 e. The van der Waals surface area contributed by atoms with Gasteiger partial charge in [-0.05, 0) is 41.0 Å². The third kappa shape index (κ3) is 6.27. The molecule has 94 valence electrons. The number of rotatable bonds is 4. The fourth-order valence-electron chi connectivity index (χ4n) is 0.898. The first kappa shape index (κ1) is 14.7. The minimum absolute atomic E-state index is 0.286. The predicted octanol–water partition coefficient (Wildman–Crippen LogP) is 2.01. The van der Waals surface area contributed by atoms with E-state index in [0.29, 0.717) is 6.42 Å². The van der Waals surface area contributed by atoms with E-state index in [9.17, 15) is 9.59 Å². The molecule has 0 aliphatic heterocycles. The van der Waals surface area contributed by atoms with E-state index in [1.165, 1.54) is 0 Å². The van der Waals surface area contributed by atoms with E-state index < -0.39 is 23.1 Å². The topological polar surface area (TPSA) is 75.6 Å². The van der Waals surface area contributed by atoms with E-state index in [1.54, 1.807) is 34.6 Å². The Hall–Kier alpha value is -1.26. The van der Waals surface area contributed by atoms with E-state index in [1.807, 2.05) is 0 Å². The molecule has 0 heterocycles. The number of carboxylic acid groups (broad SMARTS) is 1. The molecule has 0 aromatic heterocycles. The van der Waals surface area contributed by atoms with Crippen LogP contribution >= 0.6 is 0 Å². The highest BCUT2D eigenvalue weighted by atomic mass is 16.6. The average Bonchev–Trinajstić information content (AvgIpc) is 1.99. The van der Waals surface area contributed by atoms with Crippen LogP contribution < -0.4 is 5.32 Å². The summed E-state index contributed by atoms with van der Waals surface area (Å²) in [6, 6.07) is 0. The van der Waals surface area contributed by atoms with Gasteiger partial charge < -0.3 is 15.2 Å². The molecule has 0 saturated heterocycles. The number of alkyl carbamates (subject to hydrolysis) is 1. The van der Waals surface area contributed by atoms with Crippen molar-refractivity contribution in [2.45, 2.75) is 46.6 Å². The summed E-state index contributed by atoms with van der Waals surface area (Å²) in [5, 5.41) is 11.4. The van der Waals surface area contributed by atoms with Gasteiger partial charge in [-0.3, -0.25) is 4.79 Å². The summed E-state index contributed by atoms with van der Waals surface area (Å²) in [6.45, 7) is 8.84. The number of nitrogens with one attached hydrogen (secondary N) is 1. The van der Waals surface area contributed by atoms with Gasteiger partial charge in [0.15, 0.2) is 0 Å². The SMILES string of the molecule is CC(C)(C)OC(=O)NCCC(C)(C)C(=O)O. The highest BCUT2D eigenvalue weighted by molar-refractivity contribution is 5.73. The zero-order valence-corrected chi connectivity index (χ0v) is 10.6. The molecule has 0 aromatic rings. The van der Waals surface area contributed by atoms with Gasteiger partial charge in [-0.2, -0.15) is 0 Å². The molecule has 0 atom stereocenters. The minimum atomic E-state index is -0.876. The van der Waals surface area contributed by atoms with Gasteiger partial charge in [-0.1, -0.05) is 0 Å². The highest BCUT2D eigenvalue weighted by Crippen LogP contribution is 2.19. The maximum atomic E-state index is 11.2. The number of ether oxygens (including phenoxy) is 1. The predicted molar refractivity (Wildman–Crippen MR) is 60.3 cm³/mol. The largest absolute Gasteiger partial charge is 0.481 e. The second-order valence-electron chi connectivity index (χ2n) is 5.37. The lowest BCUT2D eigenvalue weighted by Crippen LogP contribution is -2.35. The van der Waals surface area contributed by atoms with Gasteiger partial charge in [-0.15, -0.1) is 0 Å². The number of amides is 1. The summed E-state index contributed by atoms with van der Waals surface area (Å²) < 4.78 is 5.02. The van der Waals surface area contributed by atoms with Gasteiger partial charge in [-0.25, -0.2) is 4.79 Å². The number of carbonyl (C=O) groups is 2. The maximum Gasteiger partial charge on any atom is 0.407 e. The molecular weight excluding hydrogens is 210 g/mol. The molecule has 0 unspecified atom stereocenters. The zero-order chi connectivity index (χ0) is 13.0. The van der Waals surface area contributed by atoms with Crippen molar-refractivity contribution in [1.29, 1.82) is 0 Å². The third-order valence-corrected chi connectivity index (χ3v) is 2.00. The van der Waals surface area contributed by atoms with Crippen LogP contribution in [0.25, 0.3) is 0 Å². The van der Waals surface area contributed by atoms with Gasteiger partial charge in [0, 0.05) is 6.54 Å². The van der Waals surface area contributed by atoms with Crippen molar-refractivity contribution in [3.05, 3.63) is 0 Å². The van der Waals surface area contributed by atoms with Gasteiger partial charge >= 0.3 is 12.1 Å². The number of carboxylic acids is 1. The quantitative estimate of drug-likeness (QED) is 0.776. The fraction of sp³-hybridized carbons (Fsp3) is 0.818. The fourth-order valence-corrected chi connectivity index (χ4v) is 0.898. The van der Waals surface area contributed by atoms with E-state index in [2.05, 4.69) is 5.32 Å². The molecule has 0 bridgehead atoms. The van der Waals surface area contributed by atoms with Crippen LogP contribution in [0.1, 0.15) is 41.0 Å². The molecule has 5 heteroatoms. The molecular formula is C11H21NO4. The molecule has 0 radical (unpaired) electrons. The lowest BCUT2D eigenvalue weighted by atomic mass is 9.90. The molecule has 2 N–H and O–H groups in total. The molecule has 0 spiro atoms. The van der Waals surface area contributed by atoms with Crippen molar-refractivity contribution >= 4 is 12.1 Å². The average molecular weight is 231 g/mol. The summed E-state index contributed by atoms with van der Waals surface area (Å²) in [5.74, 6) is -0.876. The van der Waals surface area contributed by atoms with E-state index in [4.69, 9.17) is 9.84 Å². The maximum absolute atomic E-state index is 11.2. The monoisotopic (exact) mass is 231 g/mol. The van der Waals surface area contributed by atoms with Crippen molar-refractivity contribution in [2.75, 3.05) is 6.54 Å². The first-order chi connectivity index (χ1) is 7.04. The molecule has 16 heavy (non-hydrogen) atoms. The van der Waals surface area contributed by atoms with Crippen LogP contribution in [0, 0.1) is 5.41 Å². The molecule has 0 rings (SSSR count). The van der Waals surface area contributed by atoms with Crippen LogP contribution in [-0.4, -0.2) is 29.3 Å². The van der Waals surface area contributed by atoms with Crippen molar-refractivity contribution in [1.82, 2.24) is 5.32 Å². The number of aliphatic carboxylic acids is 1. The van der Waals surface area contributed by atoms with Crippen LogP contribution in [0.2, 0.25) is 0 Å². The summed E-state index contributed by atoms with van der Waals surface area (Å²) in [5.41, 5.74) is -1.37. The Labute approximate surface area is 96.2 Å². The molecule has 5 nitrogen and oxygen atoms in total. The van der Waals surface area contributed by atoms with Crippen LogP contribution in [-0.2, 0) is 9.53 Å². The molecule has 0 saturated carbocycles. The van der Waals surface area contributed by atoms with Crippen molar-refractivity contribution < 1.29 is 19.4 Å². The lowest BCUT2D eigenvalue weighted by Gasteiger charge is -2.22. The van der Waals surface area contributed by atoms with Crippen LogP contribution in [0.15, 0.2) is 0 Å². The molecule has 0 aromatic carbocycles. The van der Waals surface area contributed by atoms with Crippen molar-refractivity contribution in [3.8, 4) is 0 Å². The van der Waals surface area contributed by atoms with Gasteiger partial charge in [0.05, 0.1) is 5.41 Å². The summed E-state index contributed by atoms with van der Waals surface area (Å²) >= 11 is 0. The Balaban J connectivity index is 3.92. The summed E-state index contributed by atoms with van der Waals surface area (Å²) in [4.78, 5) is 22.0. The number of carbonyl (C=O) groups excluding carboxylic acids is 1. The summed E-state index contributed by atoms with van der Waals surface area (Å²) in [6.07, 6.45) is -0.157. The van der Waals surface area contributed by atoms with Crippen LogP contribution in [0.4, 0.5) is 4.79 Å². The number of hydrogen-bond donors (Lipinski definition) is 2. The van der Waals surface area contributed by atoms with Gasteiger partial charge in [0.1, 0.15) is 5.60 Å². The minimum Gasteiger partial charge on any atom is -0.481 e. The second kappa shape index (κ2) is 5.18. The molecule has 0 fully saturated rings. The Bertz CT molecular complexity index is 266. The molecule has 1 amide bonds. The van der Waals surface area contributed by atoms with Crippen LogP contribution in [0.5, 0.6) is 0 Å². The van der Waals surface area contributed by atoms with Gasteiger partial charge in [0.2, 0.25) is 0 Å². The standard InChI is InChI=1S/C11H21NO4/c1-10(2,3)16-9(15)12-7-6-11(4,5)8(13)14/h6-7H2,1-5H3,(H,12,15)(H,13,14). The first-order valence-corrected chi connectivity index (χ1v) is 5.25. The van der Waals surface area contributed by atoms with Gasteiger partial charge in [0.25, 0.3) is 0 Å². The lowest BCUT2D eigenvalue weighted by molar-refractivity contribution is -0.147. The summed E-state index contributed by atoms with van der Waals surface area (Å²) in [7, 11) is 0. The third-order valence-electron chi connectivity index (χ3n) is 2.00. The first-order valence-electron chi connectivity index (χ1n) is 5.25. The van der Waals surface area contributed by atoms with E-state index in [-0.39, 0.29) is 6.54 Å². The Morgan fingerprint density at radius 1 is 1.19 bits per heavy atom. The Kier molecular flexibility index (Phi) is 4.78. The molecule has 0 aliphatic rings. The van der Waals surface area contributed by atoms with Crippen molar-refractivity contribution in [3.63, 3.8) is 0 Å². The Morgan fingerprint density at radius 2 is 1.69 bits per heavy atom. The Morgan fingerprint density at radius 3 is 2.06 bits per heavy atom. The van der Waals surface area contributed by atoms with E-state index >= 15 is 0 Å². The van der Waals surface area contributed by atoms with Crippen molar-refractivity contribution in [2.24, 2.45) is 5.41 Å². The second-order valence-corrected chi connectivity index (χ2v) is 5.37. The number of hydrogen-bond acceptors (Lipinski definition) is 3. The highest BCUT2D eigenvalue weighted by Gasteiger charge is 2.27. The zero-order valence-electron chi connectivity index (χ0n) is 10.6. The molecule has 0 aliphatic carbocycles. The van der Waals surface area contributed by atoms with Crippen LogP contribution in [0.3, 0.4) is 0 Å². The normalized spacial score (nSPS) is 12.1. The van der Waals surface area contributed by atoms with E-state index in [0.717, 1.165) is 0 Å².